The maximum atomic E-state index is 6.13. The largest absolute Gasteiger partial charge is 0.126 e. The second-order valence-electron chi connectivity index (χ2n) is 5.08. The predicted molar refractivity (Wildman–Crippen MR) is 83.9 cm³/mol. The van der Waals surface area contributed by atoms with Crippen molar-refractivity contribution in [2.24, 2.45) is 5.92 Å². The van der Waals surface area contributed by atoms with E-state index >= 15 is 0 Å². The van der Waals surface area contributed by atoms with Crippen LogP contribution in [-0.2, 0) is 19.3 Å². The molecule has 0 saturated heterocycles. The molecular formula is C18H21Cl. The lowest BCUT2D eigenvalue weighted by Gasteiger charge is -2.14. The quantitative estimate of drug-likeness (QED) is 0.657. The number of hydrogen-bond donors (Lipinski definition) is 0. The Bertz CT molecular complexity index is 473. The molecule has 19 heavy (non-hydrogen) atoms. The molecule has 1 heteroatoms. The van der Waals surface area contributed by atoms with Gasteiger partial charge in [0.25, 0.3) is 0 Å². The molecule has 2 rings (SSSR count). The molecule has 0 aliphatic heterocycles. The second-order valence-corrected chi connectivity index (χ2v) is 5.39. The smallest absolute Gasteiger partial charge is 0.0258 e. The third kappa shape index (κ3) is 4.40. The summed E-state index contributed by atoms with van der Waals surface area (Å²) >= 11 is 6.13. The van der Waals surface area contributed by atoms with E-state index in [-0.39, 0.29) is 0 Å². The van der Waals surface area contributed by atoms with E-state index in [0.717, 1.165) is 19.3 Å². The summed E-state index contributed by atoms with van der Waals surface area (Å²) in [5.41, 5.74) is 4.16. The second kappa shape index (κ2) is 7.35. The van der Waals surface area contributed by atoms with E-state index in [9.17, 15) is 0 Å². The molecule has 0 aliphatic rings. The number of alkyl halides is 1. The zero-order valence-electron chi connectivity index (χ0n) is 11.5. The van der Waals surface area contributed by atoms with Gasteiger partial charge in [0.1, 0.15) is 0 Å². The van der Waals surface area contributed by atoms with Crippen molar-refractivity contribution in [2.75, 3.05) is 5.88 Å². The van der Waals surface area contributed by atoms with Gasteiger partial charge in [-0.2, -0.15) is 0 Å². The highest BCUT2D eigenvalue weighted by molar-refractivity contribution is 6.18. The summed E-state index contributed by atoms with van der Waals surface area (Å²) in [4.78, 5) is 0. The van der Waals surface area contributed by atoms with Crippen LogP contribution in [0.1, 0.15) is 23.6 Å². The van der Waals surface area contributed by atoms with E-state index in [1.165, 1.54) is 16.7 Å². The first-order chi connectivity index (χ1) is 9.31. The first-order valence-electron chi connectivity index (χ1n) is 6.99. The van der Waals surface area contributed by atoms with Crippen molar-refractivity contribution in [3.63, 3.8) is 0 Å². The highest BCUT2D eigenvalue weighted by Crippen LogP contribution is 2.17. The Morgan fingerprint density at radius 1 is 0.789 bits per heavy atom. The average molecular weight is 273 g/mol. The fourth-order valence-electron chi connectivity index (χ4n) is 2.37. The fourth-order valence-corrected chi connectivity index (χ4v) is 2.59. The number of benzene rings is 2. The Balaban J connectivity index is 1.98. The Morgan fingerprint density at radius 2 is 1.32 bits per heavy atom. The SMILES string of the molecule is CCc1ccc(CC(CCl)Cc2ccccc2)cc1. The van der Waals surface area contributed by atoms with Gasteiger partial charge in [0.2, 0.25) is 0 Å². The third-order valence-corrected chi connectivity index (χ3v) is 3.98. The minimum absolute atomic E-state index is 0.511. The summed E-state index contributed by atoms with van der Waals surface area (Å²) in [6, 6.07) is 19.5. The van der Waals surface area contributed by atoms with Gasteiger partial charge in [-0.15, -0.1) is 11.6 Å². The molecule has 0 fully saturated rings. The zero-order chi connectivity index (χ0) is 13.5. The Morgan fingerprint density at radius 3 is 1.84 bits per heavy atom. The molecule has 2 aromatic rings. The van der Waals surface area contributed by atoms with Crippen LogP contribution in [-0.4, -0.2) is 5.88 Å². The van der Waals surface area contributed by atoms with Crippen molar-refractivity contribution in [1.29, 1.82) is 0 Å². The lowest BCUT2D eigenvalue weighted by atomic mass is 9.93. The van der Waals surface area contributed by atoms with E-state index in [0.29, 0.717) is 11.8 Å². The van der Waals surface area contributed by atoms with Gasteiger partial charge in [-0.1, -0.05) is 61.5 Å². The molecule has 0 N–H and O–H groups in total. The van der Waals surface area contributed by atoms with Crippen LogP contribution in [0.4, 0.5) is 0 Å². The molecule has 0 nitrogen and oxygen atoms in total. The van der Waals surface area contributed by atoms with Crippen molar-refractivity contribution in [3.8, 4) is 0 Å². The standard InChI is InChI=1S/C18H21Cl/c1-2-15-8-10-17(11-9-15)13-18(14-19)12-16-6-4-3-5-7-16/h3-11,18H,2,12-14H2,1H3. The summed E-state index contributed by atoms with van der Waals surface area (Å²) in [5, 5.41) is 0. The van der Waals surface area contributed by atoms with Crippen molar-refractivity contribution >= 4 is 11.6 Å². The van der Waals surface area contributed by atoms with Crippen molar-refractivity contribution in [1.82, 2.24) is 0 Å². The molecule has 2 aromatic carbocycles. The number of rotatable bonds is 6. The predicted octanol–water partition coefficient (Wildman–Crippen LogP) is 4.89. The van der Waals surface area contributed by atoms with Crippen LogP contribution in [0.25, 0.3) is 0 Å². The van der Waals surface area contributed by atoms with Gasteiger partial charge in [-0.05, 0) is 41.9 Å². The molecule has 0 radical (unpaired) electrons. The maximum Gasteiger partial charge on any atom is 0.0258 e. The summed E-state index contributed by atoms with van der Waals surface area (Å²) in [5.74, 6) is 1.22. The Hall–Kier alpha value is -1.27. The Kier molecular flexibility index (Phi) is 5.47. The van der Waals surface area contributed by atoms with E-state index in [1.54, 1.807) is 0 Å². The summed E-state index contributed by atoms with van der Waals surface area (Å²) in [6.45, 7) is 2.19. The minimum atomic E-state index is 0.511. The summed E-state index contributed by atoms with van der Waals surface area (Å²) < 4.78 is 0. The normalized spacial score (nSPS) is 12.3. The van der Waals surface area contributed by atoms with Gasteiger partial charge in [-0.25, -0.2) is 0 Å². The number of hydrogen-bond acceptors (Lipinski definition) is 0. The van der Waals surface area contributed by atoms with E-state index in [2.05, 4.69) is 61.5 Å². The van der Waals surface area contributed by atoms with E-state index in [4.69, 9.17) is 11.6 Å². The Labute approximate surface area is 121 Å². The molecule has 0 heterocycles. The lowest BCUT2D eigenvalue weighted by molar-refractivity contribution is 0.584. The lowest BCUT2D eigenvalue weighted by Crippen LogP contribution is -2.10. The average Bonchev–Trinajstić information content (AvgIpc) is 2.48. The fraction of sp³-hybridized carbons (Fsp3) is 0.333. The van der Waals surface area contributed by atoms with Gasteiger partial charge in [0.15, 0.2) is 0 Å². The van der Waals surface area contributed by atoms with Gasteiger partial charge in [0.05, 0.1) is 0 Å². The highest BCUT2D eigenvalue weighted by Gasteiger charge is 2.09. The molecule has 1 unspecified atom stereocenters. The van der Waals surface area contributed by atoms with Crippen molar-refractivity contribution in [3.05, 3.63) is 71.3 Å². The van der Waals surface area contributed by atoms with Crippen molar-refractivity contribution < 1.29 is 0 Å². The molecule has 0 aromatic heterocycles. The number of halogens is 1. The van der Waals surface area contributed by atoms with Crippen LogP contribution in [0.3, 0.4) is 0 Å². The van der Waals surface area contributed by atoms with Crippen LogP contribution in [0.15, 0.2) is 54.6 Å². The topological polar surface area (TPSA) is 0 Å². The minimum Gasteiger partial charge on any atom is -0.126 e. The highest BCUT2D eigenvalue weighted by atomic mass is 35.5. The molecular weight excluding hydrogens is 252 g/mol. The third-order valence-electron chi connectivity index (χ3n) is 3.54. The first-order valence-corrected chi connectivity index (χ1v) is 7.53. The monoisotopic (exact) mass is 272 g/mol. The van der Waals surface area contributed by atoms with Crippen molar-refractivity contribution in [2.45, 2.75) is 26.2 Å². The molecule has 0 amide bonds. The molecule has 1 atom stereocenters. The summed E-state index contributed by atoms with van der Waals surface area (Å²) in [6.07, 6.45) is 3.21. The maximum absolute atomic E-state index is 6.13. The molecule has 0 saturated carbocycles. The van der Waals surface area contributed by atoms with Crippen LogP contribution < -0.4 is 0 Å². The number of aryl methyl sites for hydroxylation is 1. The molecule has 0 spiro atoms. The van der Waals surface area contributed by atoms with Gasteiger partial charge in [0, 0.05) is 5.88 Å². The molecule has 100 valence electrons. The van der Waals surface area contributed by atoms with E-state index in [1.807, 2.05) is 0 Å². The van der Waals surface area contributed by atoms with E-state index < -0.39 is 0 Å². The van der Waals surface area contributed by atoms with Crippen LogP contribution in [0.2, 0.25) is 0 Å². The van der Waals surface area contributed by atoms with Crippen LogP contribution >= 0.6 is 11.6 Å². The first kappa shape index (κ1) is 14.1. The zero-order valence-corrected chi connectivity index (χ0v) is 12.2. The van der Waals surface area contributed by atoms with Crippen LogP contribution in [0.5, 0.6) is 0 Å². The van der Waals surface area contributed by atoms with Crippen LogP contribution in [0, 0.1) is 5.92 Å². The van der Waals surface area contributed by atoms with Gasteiger partial charge >= 0.3 is 0 Å². The van der Waals surface area contributed by atoms with Gasteiger partial charge < -0.3 is 0 Å². The molecule has 0 aliphatic carbocycles. The molecule has 0 bridgehead atoms. The summed E-state index contributed by atoms with van der Waals surface area (Å²) in [7, 11) is 0. The van der Waals surface area contributed by atoms with Gasteiger partial charge in [-0.3, -0.25) is 0 Å².